The minimum absolute atomic E-state index is 0.165. The predicted octanol–water partition coefficient (Wildman–Crippen LogP) is 1.93. The third kappa shape index (κ3) is 3.89. The quantitative estimate of drug-likeness (QED) is 0.807. The molecule has 18 heavy (non-hydrogen) atoms. The second-order valence-corrected chi connectivity index (χ2v) is 5.37. The average molecular weight is 256 g/mol. The minimum Gasteiger partial charge on any atom is -0.481 e. The van der Waals surface area contributed by atoms with Crippen molar-refractivity contribution in [2.75, 3.05) is 13.6 Å². The Kier molecular flexibility index (Phi) is 5.44. The van der Waals surface area contributed by atoms with Crippen LogP contribution in [0.3, 0.4) is 0 Å². The summed E-state index contributed by atoms with van der Waals surface area (Å²) in [6, 6.07) is 0.112. The Labute approximate surface area is 109 Å². The Morgan fingerprint density at radius 2 is 2.00 bits per heavy atom. The lowest BCUT2D eigenvalue weighted by molar-refractivity contribution is -0.140. The van der Waals surface area contributed by atoms with Crippen molar-refractivity contribution >= 4 is 12.0 Å². The number of carbonyl (C=O) groups is 2. The van der Waals surface area contributed by atoms with Gasteiger partial charge in [-0.05, 0) is 18.8 Å². The lowest BCUT2D eigenvalue weighted by atomic mass is 9.85. The molecule has 104 valence electrons. The standard InChI is InChI=1S/C13H24N2O3/c1-9-6-4-5-7-11(9)15(3)13(18)14-8-10(2)12(16)17/h9-11H,4-8H2,1-3H3,(H,14,18)(H,16,17). The Balaban J connectivity index is 2.43. The predicted molar refractivity (Wildman–Crippen MR) is 69.4 cm³/mol. The summed E-state index contributed by atoms with van der Waals surface area (Å²) in [6.07, 6.45) is 4.61. The zero-order chi connectivity index (χ0) is 13.7. The summed E-state index contributed by atoms with van der Waals surface area (Å²) in [7, 11) is 1.80. The molecule has 0 radical (unpaired) electrons. The van der Waals surface area contributed by atoms with Crippen molar-refractivity contribution in [1.82, 2.24) is 10.2 Å². The van der Waals surface area contributed by atoms with E-state index in [1.807, 2.05) is 0 Å². The maximum atomic E-state index is 11.9. The molecule has 0 bridgehead atoms. The monoisotopic (exact) mass is 256 g/mol. The SMILES string of the molecule is CC(CNC(=O)N(C)C1CCCCC1C)C(=O)O. The molecule has 1 rings (SSSR count). The highest BCUT2D eigenvalue weighted by atomic mass is 16.4. The first-order valence-corrected chi connectivity index (χ1v) is 6.67. The number of amides is 2. The van der Waals surface area contributed by atoms with Gasteiger partial charge in [0.1, 0.15) is 0 Å². The number of carboxylic acids is 1. The van der Waals surface area contributed by atoms with Crippen molar-refractivity contribution in [2.24, 2.45) is 11.8 Å². The van der Waals surface area contributed by atoms with Gasteiger partial charge in [-0.3, -0.25) is 4.79 Å². The molecular formula is C13H24N2O3. The maximum Gasteiger partial charge on any atom is 0.317 e. The number of aliphatic carboxylic acids is 1. The zero-order valence-electron chi connectivity index (χ0n) is 11.5. The van der Waals surface area contributed by atoms with Crippen LogP contribution in [0, 0.1) is 11.8 Å². The number of nitrogens with one attached hydrogen (secondary N) is 1. The molecule has 0 spiro atoms. The van der Waals surface area contributed by atoms with Crippen LogP contribution in [-0.2, 0) is 4.79 Å². The first kappa shape index (κ1) is 14.8. The molecule has 1 aliphatic rings. The molecule has 5 heteroatoms. The van der Waals surface area contributed by atoms with Gasteiger partial charge < -0.3 is 15.3 Å². The van der Waals surface area contributed by atoms with Crippen LogP contribution >= 0.6 is 0 Å². The smallest absolute Gasteiger partial charge is 0.317 e. The highest BCUT2D eigenvalue weighted by Gasteiger charge is 2.28. The van der Waals surface area contributed by atoms with Crippen LogP contribution < -0.4 is 5.32 Å². The van der Waals surface area contributed by atoms with Crippen molar-refractivity contribution in [2.45, 2.75) is 45.6 Å². The van der Waals surface area contributed by atoms with Gasteiger partial charge in [0.2, 0.25) is 0 Å². The van der Waals surface area contributed by atoms with Gasteiger partial charge >= 0.3 is 12.0 Å². The maximum absolute atomic E-state index is 11.9. The molecule has 3 unspecified atom stereocenters. The normalized spacial score (nSPS) is 25.3. The number of rotatable bonds is 4. The van der Waals surface area contributed by atoms with Crippen LogP contribution in [0.25, 0.3) is 0 Å². The first-order valence-electron chi connectivity index (χ1n) is 6.67. The molecule has 2 N–H and O–H groups in total. The van der Waals surface area contributed by atoms with Gasteiger partial charge in [-0.25, -0.2) is 4.79 Å². The number of hydrogen-bond acceptors (Lipinski definition) is 2. The Morgan fingerprint density at radius 1 is 1.39 bits per heavy atom. The first-order chi connectivity index (χ1) is 8.43. The molecule has 3 atom stereocenters. The molecule has 0 aromatic heterocycles. The molecule has 1 aliphatic carbocycles. The number of urea groups is 1. The van der Waals surface area contributed by atoms with Crippen molar-refractivity contribution in [3.8, 4) is 0 Å². The summed E-state index contributed by atoms with van der Waals surface area (Å²) >= 11 is 0. The summed E-state index contributed by atoms with van der Waals surface area (Å²) < 4.78 is 0. The van der Waals surface area contributed by atoms with E-state index < -0.39 is 11.9 Å². The van der Waals surface area contributed by atoms with Crippen molar-refractivity contribution in [3.05, 3.63) is 0 Å². The minimum atomic E-state index is -0.885. The van der Waals surface area contributed by atoms with Crippen LogP contribution in [-0.4, -0.2) is 41.6 Å². The highest BCUT2D eigenvalue weighted by Crippen LogP contribution is 2.27. The van der Waals surface area contributed by atoms with Crippen LogP contribution in [0.2, 0.25) is 0 Å². The molecule has 0 aromatic carbocycles. The van der Waals surface area contributed by atoms with Crippen LogP contribution in [0.1, 0.15) is 39.5 Å². The molecule has 0 aliphatic heterocycles. The van der Waals surface area contributed by atoms with E-state index in [4.69, 9.17) is 5.11 Å². The Morgan fingerprint density at radius 3 is 2.56 bits per heavy atom. The van der Waals surface area contributed by atoms with Gasteiger partial charge in [0.05, 0.1) is 5.92 Å². The van der Waals surface area contributed by atoms with E-state index >= 15 is 0 Å². The van der Waals surface area contributed by atoms with E-state index in [1.54, 1.807) is 18.9 Å². The second kappa shape index (κ2) is 6.61. The third-order valence-corrected chi connectivity index (χ3v) is 3.87. The Bertz CT molecular complexity index is 307. The van der Waals surface area contributed by atoms with E-state index in [9.17, 15) is 9.59 Å². The van der Waals surface area contributed by atoms with Crippen LogP contribution in [0.5, 0.6) is 0 Å². The second-order valence-electron chi connectivity index (χ2n) is 5.37. The molecule has 0 heterocycles. The lowest BCUT2D eigenvalue weighted by Crippen LogP contribution is -2.48. The summed E-state index contributed by atoms with van der Waals surface area (Å²) in [5.41, 5.74) is 0. The van der Waals surface area contributed by atoms with Gasteiger partial charge in [-0.15, -0.1) is 0 Å². The lowest BCUT2D eigenvalue weighted by Gasteiger charge is -2.36. The van der Waals surface area contributed by atoms with Crippen LogP contribution in [0.4, 0.5) is 4.79 Å². The molecule has 0 aromatic rings. The van der Waals surface area contributed by atoms with E-state index in [0.29, 0.717) is 5.92 Å². The molecule has 1 saturated carbocycles. The average Bonchev–Trinajstić information content (AvgIpc) is 2.35. The fraction of sp³-hybridized carbons (Fsp3) is 0.846. The summed E-state index contributed by atoms with van der Waals surface area (Å²) in [4.78, 5) is 24.3. The number of carbonyl (C=O) groups excluding carboxylic acids is 1. The van der Waals surface area contributed by atoms with E-state index in [0.717, 1.165) is 19.3 Å². The van der Waals surface area contributed by atoms with E-state index in [-0.39, 0.29) is 18.6 Å². The fourth-order valence-electron chi connectivity index (χ4n) is 2.48. The van der Waals surface area contributed by atoms with Crippen molar-refractivity contribution in [1.29, 1.82) is 0 Å². The number of nitrogens with zero attached hydrogens (tertiary/aromatic N) is 1. The molecular weight excluding hydrogens is 232 g/mol. The topological polar surface area (TPSA) is 69.6 Å². The Hall–Kier alpha value is -1.26. The summed E-state index contributed by atoms with van der Waals surface area (Å²) in [5, 5.41) is 11.4. The van der Waals surface area contributed by atoms with Crippen molar-refractivity contribution in [3.63, 3.8) is 0 Å². The fourth-order valence-corrected chi connectivity index (χ4v) is 2.48. The van der Waals surface area contributed by atoms with Gasteiger partial charge in [-0.1, -0.05) is 26.7 Å². The molecule has 0 saturated heterocycles. The molecule has 1 fully saturated rings. The van der Waals surface area contributed by atoms with E-state index in [1.165, 1.54) is 6.42 Å². The highest BCUT2D eigenvalue weighted by molar-refractivity contribution is 5.76. The molecule has 2 amide bonds. The summed E-state index contributed by atoms with van der Waals surface area (Å²) in [5.74, 6) is -0.915. The van der Waals surface area contributed by atoms with Gasteiger partial charge in [-0.2, -0.15) is 0 Å². The molecule has 5 nitrogen and oxygen atoms in total. The third-order valence-electron chi connectivity index (χ3n) is 3.87. The van der Waals surface area contributed by atoms with Gasteiger partial charge in [0.25, 0.3) is 0 Å². The zero-order valence-corrected chi connectivity index (χ0v) is 11.5. The van der Waals surface area contributed by atoms with Gasteiger partial charge in [0.15, 0.2) is 0 Å². The van der Waals surface area contributed by atoms with Gasteiger partial charge in [0, 0.05) is 19.6 Å². The van der Waals surface area contributed by atoms with Crippen LogP contribution in [0.15, 0.2) is 0 Å². The number of carboxylic acid groups (broad SMARTS) is 1. The van der Waals surface area contributed by atoms with Crippen molar-refractivity contribution < 1.29 is 14.7 Å². The number of hydrogen-bond donors (Lipinski definition) is 2. The van der Waals surface area contributed by atoms with E-state index in [2.05, 4.69) is 12.2 Å². The largest absolute Gasteiger partial charge is 0.481 e. The summed E-state index contributed by atoms with van der Waals surface area (Å²) in [6.45, 7) is 3.94.